The van der Waals surface area contributed by atoms with Gasteiger partial charge in [-0.15, -0.1) is 0 Å². The molecule has 2 aromatic rings. The Kier molecular flexibility index (Phi) is 3.86. The fraction of sp³-hybridized carbons (Fsp3) is 0.600. The molecule has 0 aromatic carbocycles. The molecule has 23 heavy (non-hydrogen) atoms. The lowest BCUT2D eigenvalue weighted by molar-refractivity contribution is 0.179. The van der Waals surface area contributed by atoms with E-state index in [1.165, 1.54) is 11.5 Å². The highest BCUT2D eigenvalue weighted by Crippen LogP contribution is 2.36. The standard InChI is InChI=1S/C15H20N6OS/c1-10-3-16-9-17-14(10)20-4-11-6-21(7-12(11)5-20)15-18-13(8-22-2)19-23-15/h3,9,11-12H,4-8H2,1-2H3. The lowest BCUT2D eigenvalue weighted by atomic mass is 10.0. The molecule has 2 fully saturated rings. The third kappa shape index (κ3) is 2.76. The number of methoxy groups -OCH3 is 1. The Bertz CT molecular complexity index is 678. The van der Waals surface area contributed by atoms with Crippen molar-refractivity contribution in [2.24, 2.45) is 11.8 Å². The molecule has 122 valence electrons. The normalized spacial score (nSPS) is 23.6. The number of aromatic nitrogens is 4. The van der Waals surface area contributed by atoms with Gasteiger partial charge >= 0.3 is 0 Å². The predicted octanol–water partition coefficient (Wildman–Crippen LogP) is 1.36. The minimum absolute atomic E-state index is 0.484. The molecule has 4 heterocycles. The van der Waals surface area contributed by atoms with Gasteiger partial charge in [-0.3, -0.25) is 0 Å². The summed E-state index contributed by atoms with van der Waals surface area (Å²) in [4.78, 5) is 17.9. The smallest absolute Gasteiger partial charge is 0.205 e. The highest BCUT2D eigenvalue weighted by molar-refractivity contribution is 7.09. The van der Waals surface area contributed by atoms with Crippen molar-refractivity contribution in [2.45, 2.75) is 13.5 Å². The molecule has 0 radical (unpaired) electrons. The van der Waals surface area contributed by atoms with Crippen LogP contribution in [0.2, 0.25) is 0 Å². The third-order valence-electron chi connectivity index (χ3n) is 4.65. The number of hydrogen-bond acceptors (Lipinski definition) is 8. The molecular weight excluding hydrogens is 312 g/mol. The molecule has 0 amide bonds. The molecule has 2 atom stereocenters. The summed E-state index contributed by atoms with van der Waals surface area (Å²) in [6.45, 7) is 6.78. The SMILES string of the molecule is COCc1nsc(N2CC3CN(c4ncncc4C)CC3C2)n1. The van der Waals surface area contributed by atoms with Gasteiger partial charge in [0.2, 0.25) is 5.13 Å². The first-order valence-corrected chi connectivity index (χ1v) is 8.60. The number of anilines is 2. The van der Waals surface area contributed by atoms with Gasteiger partial charge in [-0.2, -0.15) is 4.37 Å². The number of nitrogens with zero attached hydrogens (tertiary/aromatic N) is 6. The van der Waals surface area contributed by atoms with Crippen LogP contribution in [0.25, 0.3) is 0 Å². The predicted molar refractivity (Wildman–Crippen MR) is 88.8 cm³/mol. The molecule has 8 heteroatoms. The minimum atomic E-state index is 0.484. The van der Waals surface area contributed by atoms with Crippen molar-refractivity contribution in [3.8, 4) is 0 Å². The summed E-state index contributed by atoms with van der Waals surface area (Å²) in [6.07, 6.45) is 3.53. The molecule has 2 saturated heterocycles. The van der Waals surface area contributed by atoms with Gasteiger partial charge in [-0.05, 0) is 6.92 Å². The van der Waals surface area contributed by atoms with Gasteiger partial charge in [0.15, 0.2) is 5.82 Å². The largest absolute Gasteiger partial charge is 0.377 e. The molecule has 2 aliphatic heterocycles. The van der Waals surface area contributed by atoms with Crippen molar-refractivity contribution in [3.05, 3.63) is 23.9 Å². The average Bonchev–Trinajstić information content (AvgIpc) is 3.21. The van der Waals surface area contributed by atoms with Crippen LogP contribution in [0.3, 0.4) is 0 Å². The molecule has 0 aliphatic carbocycles. The van der Waals surface area contributed by atoms with E-state index in [1.54, 1.807) is 13.4 Å². The van der Waals surface area contributed by atoms with E-state index in [-0.39, 0.29) is 0 Å². The van der Waals surface area contributed by atoms with E-state index in [9.17, 15) is 0 Å². The number of fused-ring (bicyclic) bond motifs is 1. The van der Waals surface area contributed by atoms with Crippen molar-refractivity contribution in [1.82, 2.24) is 19.3 Å². The molecule has 2 aliphatic rings. The van der Waals surface area contributed by atoms with Gasteiger partial charge in [0.25, 0.3) is 0 Å². The van der Waals surface area contributed by atoms with E-state index in [1.807, 2.05) is 6.20 Å². The average molecular weight is 332 g/mol. The van der Waals surface area contributed by atoms with Crippen molar-refractivity contribution >= 4 is 22.5 Å². The summed E-state index contributed by atoms with van der Waals surface area (Å²) >= 11 is 1.48. The maximum atomic E-state index is 5.10. The first-order chi connectivity index (χ1) is 11.2. The first-order valence-electron chi connectivity index (χ1n) is 7.82. The molecular formula is C15H20N6OS. The van der Waals surface area contributed by atoms with E-state index in [2.05, 4.69) is 36.0 Å². The fourth-order valence-electron chi connectivity index (χ4n) is 3.61. The van der Waals surface area contributed by atoms with Crippen molar-refractivity contribution in [3.63, 3.8) is 0 Å². The van der Waals surface area contributed by atoms with E-state index < -0.39 is 0 Å². The summed E-state index contributed by atoms with van der Waals surface area (Å²) in [5.41, 5.74) is 1.15. The van der Waals surface area contributed by atoms with Crippen LogP contribution < -0.4 is 9.80 Å². The fourth-order valence-corrected chi connectivity index (χ4v) is 4.30. The second-order valence-electron chi connectivity index (χ2n) is 6.29. The molecule has 2 aromatic heterocycles. The Balaban J connectivity index is 1.42. The number of aryl methyl sites for hydroxylation is 1. The number of rotatable bonds is 4. The maximum absolute atomic E-state index is 5.10. The van der Waals surface area contributed by atoms with Gasteiger partial charge in [0, 0.05) is 68.4 Å². The molecule has 7 nitrogen and oxygen atoms in total. The van der Waals surface area contributed by atoms with Gasteiger partial charge in [0.1, 0.15) is 18.8 Å². The monoisotopic (exact) mass is 332 g/mol. The van der Waals surface area contributed by atoms with Crippen LogP contribution in [-0.2, 0) is 11.3 Å². The zero-order valence-electron chi connectivity index (χ0n) is 13.3. The highest BCUT2D eigenvalue weighted by Gasteiger charge is 2.41. The van der Waals surface area contributed by atoms with E-state index >= 15 is 0 Å². The summed E-state index contributed by atoms with van der Waals surface area (Å²) in [5, 5.41) is 1.02. The first kappa shape index (κ1) is 14.8. The number of hydrogen-bond donors (Lipinski definition) is 0. The van der Waals surface area contributed by atoms with Gasteiger partial charge < -0.3 is 14.5 Å². The Labute approximate surface area is 139 Å². The van der Waals surface area contributed by atoms with Crippen LogP contribution in [0, 0.1) is 18.8 Å². The van der Waals surface area contributed by atoms with Crippen LogP contribution in [0.15, 0.2) is 12.5 Å². The maximum Gasteiger partial charge on any atom is 0.205 e. The lowest BCUT2D eigenvalue weighted by Gasteiger charge is -2.22. The Morgan fingerprint density at radius 2 is 1.96 bits per heavy atom. The van der Waals surface area contributed by atoms with Crippen molar-refractivity contribution in [2.75, 3.05) is 43.1 Å². The van der Waals surface area contributed by atoms with Crippen LogP contribution in [0.4, 0.5) is 10.9 Å². The minimum Gasteiger partial charge on any atom is -0.377 e. The zero-order valence-corrected chi connectivity index (χ0v) is 14.2. The third-order valence-corrected chi connectivity index (χ3v) is 5.47. The Hall–Kier alpha value is -1.80. The second kappa shape index (κ2) is 6.01. The number of ether oxygens (including phenoxy) is 1. The van der Waals surface area contributed by atoms with Crippen LogP contribution in [0.1, 0.15) is 11.4 Å². The molecule has 0 saturated carbocycles. The second-order valence-corrected chi connectivity index (χ2v) is 7.02. The molecule has 0 N–H and O–H groups in total. The van der Waals surface area contributed by atoms with Crippen LogP contribution >= 0.6 is 11.5 Å². The van der Waals surface area contributed by atoms with Crippen molar-refractivity contribution < 1.29 is 4.74 Å². The van der Waals surface area contributed by atoms with Crippen molar-refractivity contribution in [1.29, 1.82) is 0 Å². The molecule has 0 spiro atoms. The molecule has 0 bridgehead atoms. The molecule has 2 unspecified atom stereocenters. The summed E-state index contributed by atoms with van der Waals surface area (Å²) in [5.74, 6) is 3.19. The van der Waals surface area contributed by atoms with Gasteiger partial charge in [-0.25, -0.2) is 15.0 Å². The molecule has 4 rings (SSSR count). The quantitative estimate of drug-likeness (QED) is 0.837. The Morgan fingerprint density at radius 3 is 2.65 bits per heavy atom. The topological polar surface area (TPSA) is 67.3 Å². The Morgan fingerprint density at radius 1 is 1.22 bits per heavy atom. The zero-order chi connectivity index (χ0) is 15.8. The van der Waals surface area contributed by atoms with E-state index in [4.69, 9.17) is 4.74 Å². The van der Waals surface area contributed by atoms with E-state index in [0.717, 1.165) is 48.5 Å². The summed E-state index contributed by atoms with van der Waals surface area (Å²) < 4.78 is 9.45. The summed E-state index contributed by atoms with van der Waals surface area (Å²) in [7, 11) is 1.67. The lowest BCUT2D eigenvalue weighted by Crippen LogP contribution is -2.29. The highest BCUT2D eigenvalue weighted by atomic mass is 32.1. The van der Waals surface area contributed by atoms with E-state index in [0.29, 0.717) is 18.4 Å². The van der Waals surface area contributed by atoms with Crippen LogP contribution in [0.5, 0.6) is 0 Å². The van der Waals surface area contributed by atoms with Gasteiger partial charge in [-0.1, -0.05) is 0 Å². The van der Waals surface area contributed by atoms with Gasteiger partial charge in [0.05, 0.1) is 0 Å². The van der Waals surface area contributed by atoms with Crippen LogP contribution in [-0.4, -0.2) is 52.6 Å². The summed E-state index contributed by atoms with van der Waals surface area (Å²) in [6, 6.07) is 0.